The molecule has 17 nitrogen and oxygen atoms in total. The van der Waals surface area contributed by atoms with Crippen molar-refractivity contribution in [1.29, 1.82) is 0 Å². The number of imide groups is 1. The quantitative estimate of drug-likeness (QED) is 0.224. The van der Waals surface area contributed by atoms with Crippen LogP contribution in [0.5, 0.6) is 0 Å². The number of piperidine rings is 1. The molecule has 19 heteroatoms. The van der Waals surface area contributed by atoms with Crippen LogP contribution in [0, 0.1) is 0 Å². The molecule has 2 unspecified atom stereocenters. The number of benzene rings is 2. The van der Waals surface area contributed by atoms with Crippen LogP contribution in [0.2, 0.25) is 0 Å². The molecule has 6 aliphatic rings. The van der Waals surface area contributed by atoms with E-state index in [-0.39, 0.29) is 67.3 Å². The predicted molar refractivity (Wildman–Crippen MR) is 232 cm³/mol. The molecule has 63 heavy (non-hydrogen) atoms. The van der Waals surface area contributed by atoms with E-state index in [4.69, 9.17) is 4.98 Å². The van der Waals surface area contributed by atoms with Crippen molar-refractivity contribution in [3.8, 4) is 0 Å². The van der Waals surface area contributed by atoms with Crippen molar-refractivity contribution in [2.45, 2.75) is 112 Å². The highest BCUT2D eigenvalue weighted by Crippen LogP contribution is 2.57. The molecule has 2 aliphatic carbocycles. The van der Waals surface area contributed by atoms with Crippen LogP contribution in [0.3, 0.4) is 0 Å². The number of aryl methyl sites for hydroxylation is 1. The van der Waals surface area contributed by atoms with Gasteiger partial charge in [0.05, 0.1) is 28.5 Å². The molecule has 334 valence electrons. The molecule has 4 aliphatic heterocycles. The fourth-order valence-electron chi connectivity index (χ4n) is 10.6. The molecule has 4 N–H and O–H groups in total. The topological polar surface area (TPSA) is 194 Å². The Labute approximate surface area is 365 Å². The van der Waals surface area contributed by atoms with E-state index in [0.29, 0.717) is 24.0 Å². The zero-order valence-electron chi connectivity index (χ0n) is 35.9. The molecule has 0 radical (unpaired) electrons. The van der Waals surface area contributed by atoms with Crippen LogP contribution in [0.1, 0.15) is 82.4 Å². The Bertz CT molecular complexity index is 2610. The highest BCUT2D eigenvalue weighted by molar-refractivity contribution is 7.89. The van der Waals surface area contributed by atoms with E-state index in [2.05, 4.69) is 45.1 Å². The lowest BCUT2D eigenvalue weighted by Crippen LogP contribution is -2.89. The maximum absolute atomic E-state index is 16.0. The average molecular weight is 885 g/mol. The molecule has 2 aromatic heterocycles. The number of piperazine rings is 1. The van der Waals surface area contributed by atoms with Gasteiger partial charge in [-0.3, -0.25) is 39.6 Å². The largest absolute Gasteiger partial charge is 0.393 e. The smallest absolute Gasteiger partial charge is 0.329 e. The molecule has 6 atom stereocenters. The number of alkyl halides is 1. The van der Waals surface area contributed by atoms with Gasteiger partial charge in [-0.2, -0.15) is 19.4 Å². The normalized spacial score (nSPS) is 27.3. The summed E-state index contributed by atoms with van der Waals surface area (Å²) in [5, 5.41) is 19.9. The second-order valence-corrected chi connectivity index (χ2v) is 20.3. The number of nitrogens with one attached hydrogen (secondary N) is 1. The number of aliphatic hydroxyl groups excluding tert-OH is 1. The Morgan fingerprint density at radius 1 is 1.00 bits per heavy atom. The Morgan fingerprint density at radius 2 is 1.83 bits per heavy atom. The van der Waals surface area contributed by atoms with Crippen molar-refractivity contribution in [2.24, 2.45) is 7.05 Å². The van der Waals surface area contributed by atoms with E-state index in [9.17, 15) is 27.9 Å². The molecule has 10 rings (SSSR count). The van der Waals surface area contributed by atoms with Crippen LogP contribution in [-0.2, 0) is 32.1 Å². The van der Waals surface area contributed by atoms with Crippen LogP contribution in [0.15, 0.2) is 53.6 Å². The summed E-state index contributed by atoms with van der Waals surface area (Å²) in [4.78, 5) is 55.5. The Hall–Kier alpha value is -5.08. The molecular weight excluding hydrogens is 830 g/mol. The lowest BCUT2D eigenvalue weighted by atomic mass is 9.92. The third kappa shape index (κ3) is 7.34. The SMILES string of the molecule is C[C@H](c1cccc(S(=O)(=O)N2CCC([NH2+]c3ncc4c(n3)N([C@@H]3CCCC(O)C3)C(=O)C43CC3)[C@H](F)C2)c1)N1CCN(c2ccc3c(N4CCC(=O)NC4=O)nn(C)c3c2)[C@@H](C)C1. The number of fused-ring (bicyclic) bond motifs is 3. The highest BCUT2D eigenvalue weighted by Gasteiger charge is 2.61. The molecule has 6 heterocycles. The fraction of sp³-hybridized carbons (Fsp3) is 0.545. The third-order valence-corrected chi connectivity index (χ3v) is 16.3. The Kier molecular flexibility index (Phi) is 10.6. The fourth-order valence-corrected chi connectivity index (χ4v) is 12.1. The van der Waals surface area contributed by atoms with Crippen molar-refractivity contribution in [1.82, 2.24) is 34.3 Å². The van der Waals surface area contributed by atoms with Gasteiger partial charge in [0.25, 0.3) is 0 Å². The van der Waals surface area contributed by atoms with Gasteiger partial charge in [0, 0.05) is 93.6 Å². The molecule has 2 saturated carbocycles. The third-order valence-electron chi connectivity index (χ3n) is 14.5. The van der Waals surface area contributed by atoms with Crippen molar-refractivity contribution in [3.05, 3.63) is 59.8 Å². The second-order valence-electron chi connectivity index (χ2n) is 18.4. The van der Waals surface area contributed by atoms with Crippen LogP contribution in [0.25, 0.3) is 10.9 Å². The van der Waals surface area contributed by atoms with Gasteiger partial charge >= 0.3 is 12.0 Å². The molecule has 4 aromatic rings. The molecule has 4 amide bonds. The van der Waals surface area contributed by atoms with Crippen LogP contribution in [-0.4, -0.2) is 130 Å². The number of rotatable bonds is 9. The first-order valence-corrected chi connectivity index (χ1v) is 23.7. The summed E-state index contributed by atoms with van der Waals surface area (Å²) in [5.74, 6) is 1.15. The number of amides is 4. The first-order valence-electron chi connectivity index (χ1n) is 22.3. The van der Waals surface area contributed by atoms with E-state index in [1.165, 1.54) is 9.21 Å². The van der Waals surface area contributed by atoms with Crippen molar-refractivity contribution in [3.63, 3.8) is 0 Å². The standard InChI is InChI=1S/C44H54FN11O6S/c1-26-24-52(18-19-54(26)29-10-11-33-37(22-29)51(3)50-39(33)55-17-13-38(58)48-43(55)60)27(2)28-6-4-9-32(20-28)63(61,62)53-16-12-36(35(45)25-53)47-42-46-23-34-40(49-42)56(41(59)44(34)14-15-44)30-7-5-8-31(57)21-30/h4,6,9-11,20,22-23,26-27,30-31,35-36,57H,5,7-8,12-19,21,24-25H2,1-3H3,(H,46,47,49)(H,48,58,60)/p+1/t26-,27+,30+,31?,35+,36?/m0/s1. The number of carbonyl (C=O) groups excluding carboxylic acids is 3. The van der Waals surface area contributed by atoms with Gasteiger partial charge in [0.1, 0.15) is 11.9 Å². The number of aromatic nitrogens is 4. The number of urea groups is 1. The summed E-state index contributed by atoms with van der Waals surface area (Å²) in [7, 11) is -2.16. The zero-order valence-corrected chi connectivity index (χ0v) is 36.7. The molecule has 5 fully saturated rings. The summed E-state index contributed by atoms with van der Waals surface area (Å²) < 4.78 is 47.2. The number of hydrogen-bond acceptors (Lipinski definition) is 11. The summed E-state index contributed by atoms with van der Waals surface area (Å²) in [6, 6.07) is 11.9. The number of quaternary nitrogens is 1. The Morgan fingerprint density at radius 3 is 2.57 bits per heavy atom. The van der Waals surface area contributed by atoms with Crippen LogP contribution >= 0.6 is 0 Å². The van der Waals surface area contributed by atoms with Gasteiger partial charge in [-0.15, -0.1) is 0 Å². The summed E-state index contributed by atoms with van der Waals surface area (Å²) in [6.07, 6.45) is 4.60. The van der Waals surface area contributed by atoms with E-state index < -0.39 is 39.8 Å². The molecule has 0 bridgehead atoms. The number of carbonyl (C=O) groups is 3. The first kappa shape index (κ1) is 41.9. The highest BCUT2D eigenvalue weighted by atomic mass is 32.2. The first-order chi connectivity index (χ1) is 30.2. The summed E-state index contributed by atoms with van der Waals surface area (Å²) in [5.41, 5.74) is 3.00. The van der Waals surface area contributed by atoms with Gasteiger partial charge in [-0.1, -0.05) is 12.1 Å². The van der Waals surface area contributed by atoms with Crippen LogP contribution in [0.4, 0.5) is 32.5 Å². The molecule has 2 aromatic carbocycles. The number of halogens is 1. The van der Waals surface area contributed by atoms with Gasteiger partial charge < -0.3 is 10.0 Å². The van der Waals surface area contributed by atoms with Crippen LogP contribution < -0.4 is 25.3 Å². The number of sulfonamides is 1. The number of aliphatic hydroxyl groups is 1. The number of nitrogens with two attached hydrogens (primary N) is 1. The maximum atomic E-state index is 16.0. The van der Waals surface area contributed by atoms with Gasteiger partial charge in [-0.05, 0) is 88.3 Å². The number of hydrogen-bond donors (Lipinski definition) is 3. The van der Waals surface area contributed by atoms with E-state index in [0.717, 1.165) is 79.5 Å². The van der Waals surface area contributed by atoms with Crippen molar-refractivity contribution in [2.75, 3.05) is 54.0 Å². The van der Waals surface area contributed by atoms with Crippen molar-refractivity contribution < 1.29 is 37.6 Å². The summed E-state index contributed by atoms with van der Waals surface area (Å²) in [6.45, 7) is 6.57. The van der Waals surface area contributed by atoms with E-state index in [1.54, 1.807) is 39.3 Å². The molecular formula is C44H55FN11O6S+. The number of nitrogens with zero attached hydrogens (tertiary/aromatic N) is 9. The average Bonchev–Trinajstić information content (AvgIpc) is 3.96. The lowest BCUT2D eigenvalue weighted by Gasteiger charge is -2.43. The molecule has 3 saturated heterocycles. The predicted octanol–water partition coefficient (Wildman–Crippen LogP) is 2.76. The van der Waals surface area contributed by atoms with Crippen molar-refractivity contribution >= 4 is 62.0 Å². The van der Waals surface area contributed by atoms with Gasteiger partial charge in [0.2, 0.25) is 21.8 Å². The number of anilines is 3. The minimum atomic E-state index is -4.00. The lowest BCUT2D eigenvalue weighted by molar-refractivity contribution is -0.627. The zero-order chi connectivity index (χ0) is 43.9. The monoisotopic (exact) mass is 884 g/mol. The van der Waals surface area contributed by atoms with Gasteiger partial charge in [0.15, 0.2) is 12.0 Å². The summed E-state index contributed by atoms with van der Waals surface area (Å²) >= 11 is 0. The van der Waals surface area contributed by atoms with Gasteiger partial charge in [-0.25, -0.2) is 17.6 Å². The minimum Gasteiger partial charge on any atom is -0.393 e. The van der Waals surface area contributed by atoms with E-state index in [1.807, 2.05) is 25.2 Å². The van der Waals surface area contributed by atoms with E-state index >= 15 is 4.39 Å². The molecule has 1 spiro atoms. The second kappa shape index (κ2) is 15.9. The maximum Gasteiger partial charge on any atom is 0.329 e. The Balaban J connectivity index is 0.778. The minimum absolute atomic E-state index is 0.0279.